The van der Waals surface area contributed by atoms with Crippen LogP contribution in [0, 0.1) is 5.92 Å². The van der Waals surface area contributed by atoms with Crippen molar-refractivity contribution >= 4 is 5.96 Å². The van der Waals surface area contributed by atoms with Gasteiger partial charge in [0.2, 0.25) is 0 Å². The third-order valence-corrected chi connectivity index (χ3v) is 5.53. The lowest BCUT2D eigenvalue weighted by molar-refractivity contribution is 0.140. The number of hydrogen-bond acceptors (Lipinski definition) is 5. The fourth-order valence-corrected chi connectivity index (χ4v) is 3.76. The van der Waals surface area contributed by atoms with Gasteiger partial charge in [-0.15, -0.1) is 0 Å². The van der Waals surface area contributed by atoms with Crippen molar-refractivity contribution in [3.05, 3.63) is 23.8 Å². The zero-order valence-electron chi connectivity index (χ0n) is 20.2. The number of likely N-dealkylation sites (N-methyl/N-ethyl adjacent to an activating group) is 1. The molecule has 31 heavy (non-hydrogen) atoms. The molecule has 1 aromatic carbocycles. The molecule has 1 heterocycles. The average molecular weight is 434 g/mol. The largest absolute Gasteiger partial charge is 0.493 e. The lowest BCUT2D eigenvalue weighted by atomic mass is 10.1. The monoisotopic (exact) mass is 433 g/mol. The Morgan fingerprint density at radius 2 is 1.90 bits per heavy atom. The van der Waals surface area contributed by atoms with Crippen LogP contribution >= 0.6 is 0 Å². The number of benzene rings is 1. The van der Waals surface area contributed by atoms with Crippen molar-refractivity contribution in [2.24, 2.45) is 10.9 Å². The maximum atomic E-state index is 5.68. The molecule has 7 heteroatoms. The van der Waals surface area contributed by atoms with E-state index in [4.69, 9.17) is 14.5 Å². The van der Waals surface area contributed by atoms with Gasteiger partial charge < -0.3 is 29.9 Å². The highest BCUT2D eigenvalue weighted by Gasteiger charge is 2.16. The number of guanidine groups is 1. The maximum Gasteiger partial charge on any atom is 0.191 e. The van der Waals surface area contributed by atoms with E-state index in [0.717, 1.165) is 56.5 Å². The Morgan fingerprint density at radius 1 is 1.13 bits per heavy atom. The van der Waals surface area contributed by atoms with Crippen LogP contribution in [0.5, 0.6) is 11.5 Å². The van der Waals surface area contributed by atoms with E-state index in [1.807, 2.05) is 13.0 Å². The molecule has 0 saturated carbocycles. The topological polar surface area (TPSA) is 61.4 Å². The van der Waals surface area contributed by atoms with Gasteiger partial charge in [-0.05, 0) is 57.4 Å². The van der Waals surface area contributed by atoms with Gasteiger partial charge in [0, 0.05) is 52.4 Å². The second kappa shape index (κ2) is 14.1. The molecule has 1 aliphatic rings. The van der Waals surface area contributed by atoms with Crippen LogP contribution in [-0.4, -0.2) is 88.9 Å². The zero-order valence-corrected chi connectivity index (χ0v) is 20.2. The highest BCUT2D eigenvalue weighted by molar-refractivity contribution is 5.79. The Bertz CT molecular complexity index is 659. The number of nitrogens with zero attached hydrogens (tertiary/aromatic N) is 3. The molecule has 7 nitrogen and oxygen atoms in total. The summed E-state index contributed by atoms with van der Waals surface area (Å²) in [7, 11) is 3.88. The van der Waals surface area contributed by atoms with Gasteiger partial charge in [0.25, 0.3) is 0 Å². The first-order chi connectivity index (χ1) is 15.0. The van der Waals surface area contributed by atoms with Gasteiger partial charge in [-0.1, -0.05) is 13.0 Å². The molecular formula is C24H43N5O2. The number of piperazine rings is 1. The number of hydrogen-bond donors (Lipinski definition) is 2. The molecule has 0 radical (unpaired) electrons. The van der Waals surface area contributed by atoms with Crippen molar-refractivity contribution in [3.8, 4) is 11.5 Å². The number of rotatable bonds is 12. The van der Waals surface area contributed by atoms with E-state index >= 15 is 0 Å². The number of methoxy groups -OCH3 is 1. The summed E-state index contributed by atoms with van der Waals surface area (Å²) in [5.41, 5.74) is 1.26. The zero-order chi connectivity index (χ0) is 22.5. The van der Waals surface area contributed by atoms with Crippen LogP contribution in [0.4, 0.5) is 0 Å². The Balaban J connectivity index is 1.75. The normalized spacial score (nSPS) is 16.7. The molecule has 0 aliphatic carbocycles. The maximum absolute atomic E-state index is 5.68. The summed E-state index contributed by atoms with van der Waals surface area (Å²) < 4.78 is 11.1. The van der Waals surface area contributed by atoms with E-state index in [2.05, 4.69) is 53.5 Å². The predicted molar refractivity (Wildman–Crippen MR) is 130 cm³/mol. The number of aryl methyl sites for hydroxylation is 1. The third kappa shape index (κ3) is 9.35. The first-order valence-electron chi connectivity index (χ1n) is 11.8. The summed E-state index contributed by atoms with van der Waals surface area (Å²) >= 11 is 0. The number of aliphatic imine (C=N–C) groups is 1. The van der Waals surface area contributed by atoms with Crippen LogP contribution < -0.4 is 20.1 Å². The average Bonchev–Trinajstić information content (AvgIpc) is 2.77. The standard InChI is InChI=1S/C24H43N5O2/c1-6-25-24(27-18-20(3)19-29-15-13-28(4)14-16-29)26-12-8-9-21-10-11-22(30-5)23(17-21)31-7-2/h10-11,17,20H,6-9,12-16,18-19H2,1-5H3,(H2,25,26,27). The van der Waals surface area contributed by atoms with Crippen molar-refractivity contribution in [2.75, 3.05) is 73.1 Å². The van der Waals surface area contributed by atoms with Gasteiger partial charge in [-0.2, -0.15) is 0 Å². The number of ether oxygens (including phenoxy) is 2. The summed E-state index contributed by atoms with van der Waals surface area (Å²) in [6.07, 6.45) is 2.01. The van der Waals surface area contributed by atoms with Gasteiger partial charge in [-0.3, -0.25) is 4.99 Å². The molecule has 2 rings (SSSR count). The van der Waals surface area contributed by atoms with Crippen molar-refractivity contribution in [1.82, 2.24) is 20.4 Å². The minimum Gasteiger partial charge on any atom is -0.493 e. The van der Waals surface area contributed by atoms with Crippen molar-refractivity contribution in [2.45, 2.75) is 33.6 Å². The summed E-state index contributed by atoms with van der Waals surface area (Å²) in [5.74, 6) is 3.07. The molecule has 0 spiro atoms. The second-order valence-electron chi connectivity index (χ2n) is 8.38. The van der Waals surface area contributed by atoms with Crippen LogP contribution in [0.1, 0.15) is 32.8 Å². The van der Waals surface area contributed by atoms with E-state index in [1.54, 1.807) is 7.11 Å². The highest BCUT2D eigenvalue weighted by Crippen LogP contribution is 2.28. The molecule has 1 unspecified atom stereocenters. The van der Waals surface area contributed by atoms with Gasteiger partial charge in [0.1, 0.15) is 0 Å². The molecule has 2 N–H and O–H groups in total. The Hall–Kier alpha value is -1.99. The smallest absolute Gasteiger partial charge is 0.191 e. The Kier molecular flexibility index (Phi) is 11.5. The highest BCUT2D eigenvalue weighted by atomic mass is 16.5. The lowest BCUT2D eigenvalue weighted by Crippen LogP contribution is -2.46. The van der Waals surface area contributed by atoms with Gasteiger partial charge >= 0.3 is 0 Å². The first-order valence-corrected chi connectivity index (χ1v) is 11.8. The van der Waals surface area contributed by atoms with Crippen LogP contribution in [0.25, 0.3) is 0 Å². The summed E-state index contributed by atoms with van der Waals surface area (Å²) in [5, 5.41) is 6.85. The van der Waals surface area contributed by atoms with Crippen LogP contribution in [0.3, 0.4) is 0 Å². The van der Waals surface area contributed by atoms with E-state index in [9.17, 15) is 0 Å². The minimum absolute atomic E-state index is 0.551. The van der Waals surface area contributed by atoms with Crippen LogP contribution in [0.2, 0.25) is 0 Å². The third-order valence-electron chi connectivity index (χ3n) is 5.53. The van der Waals surface area contributed by atoms with Crippen molar-refractivity contribution < 1.29 is 9.47 Å². The molecular weight excluding hydrogens is 390 g/mol. The van der Waals surface area contributed by atoms with E-state index in [0.29, 0.717) is 12.5 Å². The molecule has 0 amide bonds. The lowest BCUT2D eigenvalue weighted by Gasteiger charge is -2.33. The first kappa shape index (κ1) is 25.3. The van der Waals surface area contributed by atoms with Gasteiger partial charge in [0.15, 0.2) is 17.5 Å². The molecule has 0 aromatic heterocycles. The second-order valence-corrected chi connectivity index (χ2v) is 8.38. The predicted octanol–water partition coefficient (Wildman–Crippen LogP) is 2.47. The fourth-order valence-electron chi connectivity index (χ4n) is 3.76. The molecule has 1 aromatic rings. The summed E-state index contributed by atoms with van der Waals surface area (Å²) in [6, 6.07) is 6.18. The quantitative estimate of drug-likeness (QED) is 0.300. The van der Waals surface area contributed by atoms with Crippen LogP contribution in [-0.2, 0) is 6.42 Å². The molecule has 176 valence electrons. The number of nitrogens with one attached hydrogen (secondary N) is 2. The SMILES string of the molecule is CCNC(=NCC(C)CN1CCN(C)CC1)NCCCc1ccc(OC)c(OCC)c1. The summed E-state index contributed by atoms with van der Waals surface area (Å²) in [4.78, 5) is 9.78. The molecule has 1 fully saturated rings. The van der Waals surface area contributed by atoms with Gasteiger partial charge in [-0.25, -0.2) is 0 Å². The van der Waals surface area contributed by atoms with E-state index < -0.39 is 0 Å². The van der Waals surface area contributed by atoms with E-state index in [1.165, 1.54) is 31.7 Å². The van der Waals surface area contributed by atoms with Gasteiger partial charge in [0.05, 0.1) is 13.7 Å². The minimum atomic E-state index is 0.551. The Morgan fingerprint density at radius 3 is 2.58 bits per heavy atom. The van der Waals surface area contributed by atoms with Crippen molar-refractivity contribution in [1.29, 1.82) is 0 Å². The van der Waals surface area contributed by atoms with Crippen LogP contribution in [0.15, 0.2) is 23.2 Å². The Labute approximate surface area is 189 Å². The molecule has 1 atom stereocenters. The molecule has 1 aliphatic heterocycles. The molecule has 0 bridgehead atoms. The molecule has 1 saturated heterocycles. The van der Waals surface area contributed by atoms with E-state index in [-0.39, 0.29) is 0 Å². The van der Waals surface area contributed by atoms with Crippen molar-refractivity contribution in [3.63, 3.8) is 0 Å². The fraction of sp³-hybridized carbons (Fsp3) is 0.708. The summed E-state index contributed by atoms with van der Waals surface area (Å²) in [6.45, 7) is 15.4.